The maximum absolute atomic E-state index is 11.2. The number of aliphatic imine (C=N–C) groups is 4. The average Bonchev–Trinajstić information content (AvgIpc) is 2.18. The molecule has 2 rings (SSSR count). The molecule has 0 fully saturated rings. The Hall–Kier alpha value is -1.30. The molecular formula is C7H6N4OS. The van der Waals surface area contributed by atoms with Gasteiger partial charge in [0.25, 0.3) is 5.91 Å². The van der Waals surface area contributed by atoms with E-state index in [0.29, 0.717) is 10.9 Å². The number of thioether (sulfide) groups is 1. The highest BCUT2D eigenvalue weighted by Gasteiger charge is 2.27. The van der Waals surface area contributed by atoms with Crippen molar-refractivity contribution in [1.29, 1.82) is 0 Å². The van der Waals surface area contributed by atoms with Crippen LogP contribution in [0.2, 0.25) is 0 Å². The molecule has 0 saturated carbocycles. The third kappa shape index (κ3) is 1.44. The van der Waals surface area contributed by atoms with Crippen LogP contribution >= 0.6 is 11.8 Å². The normalized spacial score (nSPS) is 25.3. The Morgan fingerprint density at radius 1 is 1.46 bits per heavy atom. The Labute approximate surface area is 78.8 Å². The first-order valence-electron chi connectivity index (χ1n) is 3.61. The van der Waals surface area contributed by atoms with Gasteiger partial charge in [-0.3, -0.25) is 4.79 Å². The lowest BCUT2D eigenvalue weighted by molar-refractivity contribution is -0.117. The Kier molecular flexibility index (Phi) is 2.05. The molecule has 0 aromatic rings. The van der Waals surface area contributed by atoms with Crippen LogP contribution in [-0.4, -0.2) is 41.6 Å². The summed E-state index contributed by atoms with van der Waals surface area (Å²) in [4.78, 5) is 26.8. The van der Waals surface area contributed by atoms with Crippen molar-refractivity contribution in [2.45, 2.75) is 6.04 Å². The summed E-state index contributed by atoms with van der Waals surface area (Å²) in [7, 11) is 0. The summed E-state index contributed by atoms with van der Waals surface area (Å²) in [5, 5.41) is 0.592. The average molecular weight is 194 g/mol. The van der Waals surface area contributed by atoms with Gasteiger partial charge in [-0.15, -0.1) is 0 Å². The highest BCUT2D eigenvalue weighted by molar-refractivity contribution is 8.13. The van der Waals surface area contributed by atoms with E-state index in [1.807, 2.05) is 6.26 Å². The van der Waals surface area contributed by atoms with Crippen molar-refractivity contribution in [2.75, 3.05) is 6.26 Å². The van der Waals surface area contributed by atoms with Crippen LogP contribution in [0.3, 0.4) is 0 Å². The topological polar surface area (TPSA) is 66.5 Å². The fourth-order valence-electron chi connectivity index (χ4n) is 1.02. The summed E-state index contributed by atoms with van der Waals surface area (Å²) in [5.74, 6) is -0.275. The largest absolute Gasteiger partial charge is 0.278 e. The van der Waals surface area contributed by atoms with E-state index in [0.717, 1.165) is 0 Å². The maximum Gasteiger partial charge on any atom is 0.278 e. The monoisotopic (exact) mass is 194 g/mol. The van der Waals surface area contributed by atoms with Gasteiger partial charge in [-0.25, -0.2) is 15.0 Å². The summed E-state index contributed by atoms with van der Waals surface area (Å²) >= 11 is 1.40. The number of amides is 1. The Balaban J connectivity index is 2.36. The van der Waals surface area contributed by atoms with Crippen molar-refractivity contribution >= 4 is 41.1 Å². The second kappa shape index (κ2) is 3.21. The van der Waals surface area contributed by atoms with E-state index in [4.69, 9.17) is 0 Å². The van der Waals surface area contributed by atoms with Crippen LogP contribution in [0.5, 0.6) is 0 Å². The van der Waals surface area contributed by atoms with E-state index in [9.17, 15) is 4.79 Å². The quantitative estimate of drug-likeness (QED) is 0.551. The van der Waals surface area contributed by atoms with Crippen molar-refractivity contribution in [3.05, 3.63) is 0 Å². The molecule has 2 aliphatic heterocycles. The standard InChI is InChI=1S/C7H6N4OS/c1-13-7-8-2-4-5(11-7)6(12)10-3-9-4/h2-3,5H,1H3. The first-order chi connectivity index (χ1) is 6.31. The van der Waals surface area contributed by atoms with Crippen LogP contribution < -0.4 is 0 Å². The fourth-order valence-corrected chi connectivity index (χ4v) is 1.38. The molecule has 0 bridgehead atoms. The Morgan fingerprint density at radius 2 is 2.31 bits per heavy atom. The molecular weight excluding hydrogens is 188 g/mol. The number of carbonyl (C=O) groups is 1. The van der Waals surface area contributed by atoms with Gasteiger partial charge in [-0.05, 0) is 6.26 Å². The molecule has 0 radical (unpaired) electrons. The van der Waals surface area contributed by atoms with Crippen molar-refractivity contribution in [3.63, 3.8) is 0 Å². The summed E-state index contributed by atoms with van der Waals surface area (Å²) in [6.45, 7) is 0. The minimum atomic E-state index is -0.565. The molecule has 1 amide bonds. The first kappa shape index (κ1) is 8.31. The van der Waals surface area contributed by atoms with E-state index >= 15 is 0 Å². The molecule has 0 aliphatic carbocycles. The molecule has 66 valence electrons. The molecule has 1 atom stereocenters. The summed E-state index contributed by atoms with van der Waals surface area (Å²) in [6.07, 6.45) is 4.65. The van der Waals surface area contributed by atoms with Crippen molar-refractivity contribution in [3.8, 4) is 0 Å². The molecule has 5 nitrogen and oxygen atoms in total. The van der Waals surface area contributed by atoms with Gasteiger partial charge < -0.3 is 0 Å². The van der Waals surface area contributed by atoms with Gasteiger partial charge in [0.1, 0.15) is 6.34 Å². The zero-order valence-electron chi connectivity index (χ0n) is 6.84. The highest BCUT2D eigenvalue weighted by Crippen LogP contribution is 2.11. The lowest BCUT2D eigenvalue weighted by Gasteiger charge is -2.14. The molecule has 1 unspecified atom stereocenters. The SMILES string of the molecule is CSC1=NC2C(=O)N=CN=C2C=N1. The lowest BCUT2D eigenvalue weighted by atomic mass is 10.1. The molecule has 0 spiro atoms. The Morgan fingerprint density at radius 3 is 3.08 bits per heavy atom. The molecule has 0 aromatic heterocycles. The van der Waals surface area contributed by atoms with E-state index in [2.05, 4.69) is 20.0 Å². The number of hydrogen-bond donors (Lipinski definition) is 0. The second-order valence-electron chi connectivity index (χ2n) is 2.41. The number of rotatable bonds is 0. The molecule has 6 heteroatoms. The van der Waals surface area contributed by atoms with Gasteiger partial charge in [0.05, 0.1) is 11.9 Å². The van der Waals surface area contributed by atoms with E-state index in [1.54, 1.807) is 6.21 Å². The third-order valence-electron chi connectivity index (χ3n) is 1.64. The number of carbonyl (C=O) groups excluding carboxylic acids is 1. The Bertz CT molecular complexity index is 369. The third-order valence-corrected chi connectivity index (χ3v) is 2.21. The van der Waals surface area contributed by atoms with Gasteiger partial charge in [-0.1, -0.05) is 11.8 Å². The minimum absolute atomic E-state index is 0.275. The highest BCUT2D eigenvalue weighted by atomic mass is 32.2. The van der Waals surface area contributed by atoms with E-state index in [1.165, 1.54) is 18.1 Å². The van der Waals surface area contributed by atoms with Crippen molar-refractivity contribution in [2.24, 2.45) is 20.0 Å². The zero-order chi connectivity index (χ0) is 9.26. The van der Waals surface area contributed by atoms with Gasteiger partial charge in [0.15, 0.2) is 11.2 Å². The molecule has 0 aromatic carbocycles. The van der Waals surface area contributed by atoms with Crippen LogP contribution in [0.4, 0.5) is 0 Å². The van der Waals surface area contributed by atoms with Gasteiger partial charge in [0.2, 0.25) is 0 Å². The first-order valence-corrected chi connectivity index (χ1v) is 4.83. The summed E-state index contributed by atoms with van der Waals surface area (Å²) in [5.41, 5.74) is 0.567. The van der Waals surface area contributed by atoms with Crippen LogP contribution in [-0.2, 0) is 4.79 Å². The molecule has 2 heterocycles. The molecule has 0 saturated heterocycles. The van der Waals surface area contributed by atoms with Crippen molar-refractivity contribution in [1.82, 2.24) is 0 Å². The van der Waals surface area contributed by atoms with Crippen LogP contribution in [0.15, 0.2) is 20.0 Å². The molecule has 13 heavy (non-hydrogen) atoms. The van der Waals surface area contributed by atoms with Crippen LogP contribution in [0.25, 0.3) is 0 Å². The lowest BCUT2D eigenvalue weighted by Crippen LogP contribution is -2.34. The maximum atomic E-state index is 11.2. The van der Waals surface area contributed by atoms with Gasteiger partial charge in [-0.2, -0.15) is 4.99 Å². The summed E-state index contributed by atoms with van der Waals surface area (Å²) in [6, 6.07) is -0.565. The van der Waals surface area contributed by atoms with Gasteiger partial charge >= 0.3 is 0 Å². The zero-order valence-corrected chi connectivity index (χ0v) is 7.65. The van der Waals surface area contributed by atoms with Crippen molar-refractivity contribution < 1.29 is 4.79 Å². The fraction of sp³-hybridized carbons (Fsp3) is 0.286. The minimum Gasteiger partial charge on any atom is -0.270 e. The van der Waals surface area contributed by atoms with E-state index in [-0.39, 0.29) is 5.91 Å². The predicted molar refractivity (Wildman–Crippen MR) is 54.2 cm³/mol. The number of nitrogens with zero attached hydrogens (tertiary/aromatic N) is 4. The number of hydrogen-bond acceptors (Lipinski definition) is 5. The number of fused-ring (bicyclic) bond motifs is 1. The smallest absolute Gasteiger partial charge is 0.270 e. The number of amidine groups is 1. The summed E-state index contributed by atoms with van der Waals surface area (Å²) < 4.78 is 0. The molecule has 0 N–H and O–H groups in total. The predicted octanol–water partition coefficient (Wildman–Crippen LogP) is 0.168. The second-order valence-corrected chi connectivity index (χ2v) is 3.19. The van der Waals surface area contributed by atoms with Crippen LogP contribution in [0, 0.1) is 0 Å². The van der Waals surface area contributed by atoms with E-state index < -0.39 is 6.04 Å². The van der Waals surface area contributed by atoms with Crippen LogP contribution in [0.1, 0.15) is 0 Å². The molecule has 2 aliphatic rings. The van der Waals surface area contributed by atoms with Gasteiger partial charge in [0, 0.05) is 0 Å².